The van der Waals surface area contributed by atoms with Crippen LogP contribution in [0.15, 0.2) is 23.1 Å². The average molecular weight is 326 g/mol. The van der Waals surface area contributed by atoms with Gasteiger partial charge in [-0.1, -0.05) is 11.6 Å². The summed E-state index contributed by atoms with van der Waals surface area (Å²) in [6.07, 6.45) is -0.0714. The van der Waals surface area contributed by atoms with Crippen LogP contribution in [-0.2, 0) is 19.6 Å². The van der Waals surface area contributed by atoms with Gasteiger partial charge < -0.3 is 9.84 Å². The third kappa shape index (κ3) is 4.41. The second-order valence-corrected chi connectivity index (χ2v) is 5.96. The first-order valence-electron chi connectivity index (χ1n) is 5.47. The van der Waals surface area contributed by atoms with Crippen LogP contribution in [-0.4, -0.2) is 39.3 Å². The topological polar surface area (TPSA) is 92.7 Å². The number of hydrogen-bond donors (Lipinski definition) is 2. The Morgan fingerprint density at radius 2 is 2.20 bits per heavy atom. The molecule has 0 saturated heterocycles. The fraction of sp³-hybridized carbons (Fsp3) is 0.364. The standard InChI is InChI=1S/C11H13ClFNO5S/c1-19-5-4-9(11(15)16)14-20(17,18)10-6-7(13)2-3-8(10)12/h2-3,6,9,14H,4-5H2,1H3,(H,15,16). The molecule has 0 radical (unpaired) electrons. The summed E-state index contributed by atoms with van der Waals surface area (Å²) in [5.74, 6) is -2.16. The minimum atomic E-state index is -4.25. The maximum atomic E-state index is 13.1. The van der Waals surface area contributed by atoms with Gasteiger partial charge in [0.1, 0.15) is 16.8 Å². The molecule has 9 heteroatoms. The summed E-state index contributed by atoms with van der Waals surface area (Å²) in [6, 6.07) is 1.41. The molecular weight excluding hydrogens is 313 g/mol. The summed E-state index contributed by atoms with van der Waals surface area (Å²) in [7, 11) is -2.89. The van der Waals surface area contributed by atoms with Gasteiger partial charge in [0.25, 0.3) is 0 Å². The lowest BCUT2D eigenvalue weighted by Gasteiger charge is -2.15. The van der Waals surface area contributed by atoms with Crippen molar-refractivity contribution in [2.75, 3.05) is 13.7 Å². The smallest absolute Gasteiger partial charge is 0.321 e. The van der Waals surface area contributed by atoms with E-state index in [1.54, 1.807) is 0 Å². The van der Waals surface area contributed by atoms with Crippen LogP contribution in [0.4, 0.5) is 4.39 Å². The van der Waals surface area contributed by atoms with E-state index in [0.29, 0.717) is 0 Å². The maximum absolute atomic E-state index is 13.1. The van der Waals surface area contributed by atoms with Gasteiger partial charge in [-0.05, 0) is 24.6 Å². The highest BCUT2D eigenvalue weighted by Crippen LogP contribution is 2.22. The molecule has 0 fully saturated rings. The average Bonchev–Trinajstić information content (AvgIpc) is 2.36. The largest absolute Gasteiger partial charge is 0.480 e. The molecule has 0 bridgehead atoms. The number of carboxylic acid groups (broad SMARTS) is 1. The molecule has 1 aromatic carbocycles. The molecule has 0 aliphatic rings. The summed E-state index contributed by atoms with van der Waals surface area (Å²) in [6.45, 7) is 0.0520. The molecule has 0 amide bonds. The Labute approximate surface area is 120 Å². The molecule has 0 saturated carbocycles. The molecule has 2 N–H and O–H groups in total. The Balaban J connectivity index is 3.03. The normalized spacial score (nSPS) is 13.2. The van der Waals surface area contributed by atoms with E-state index in [9.17, 15) is 17.6 Å². The Kier molecular flexibility index (Phi) is 5.88. The van der Waals surface area contributed by atoms with Crippen LogP contribution < -0.4 is 4.72 Å². The van der Waals surface area contributed by atoms with E-state index in [-0.39, 0.29) is 18.1 Å². The molecule has 1 rings (SSSR count). The van der Waals surface area contributed by atoms with E-state index in [2.05, 4.69) is 0 Å². The van der Waals surface area contributed by atoms with Crippen LogP contribution in [0.1, 0.15) is 6.42 Å². The van der Waals surface area contributed by atoms with Crippen molar-refractivity contribution < 1.29 is 27.4 Å². The summed E-state index contributed by atoms with van der Waals surface area (Å²) in [4.78, 5) is 10.5. The zero-order valence-corrected chi connectivity index (χ0v) is 12.0. The maximum Gasteiger partial charge on any atom is 0.321 e. The van der Waals surface area contributed by atoms with Crippen molar-refractivity contribution in [3.05, 3.63) is 29.0 Å². The Bertz CT molecular complexity index is 592. The number of nitrogens with one attached hydrogen (secondary N) is 1. The van der Waals surface area contributed by atoms with Crippen molar-refractivity contribution in [2.24, 2.45) is 0 Å². The molecule has 112 valence electrons. The molecule has 0 aliphatic heterocycles. The Morgan fingerprint density at radius 1 is 1.55 bits per heavy atom. The van der Waals surface area contributed by atoms with Gasteiger partial charge >= 0.3 is 5.97 Å². The van der Waals surface area contributed by atoms with Crippen molar-refractivity contribution in [2.45, 2.75) is 17.4 Å². The summed E-state index contributed by atoms with van der Waals surface area (Å²) >= 11 is 5.69. The van der Waals surface area contributed by atoms with E-state index >= 15 is 0 Å². The highest BCUT2D eigenvalue weighted by molar-refractivity contribution is 7.89. The summed E-state index contributed by atoms with van der Waals surface area (Å²) in [5.41, 5.74) is 0. The van der Waals surface area contributed by atoms with Crippen molar-refractivity contribution in [3.63, 3.8) is 0 Å². The number of ether oxygens (including phenoxy) is 1. The lowest BCUT2D eigenvalue weighted by Crippen LogP contribution is -2.41. The SMILES string of the molecule is COCCC(NS(=O)(=O)c1cc(F)ccc1Cl)C(=O)O. The van der Waals surface area contributed by atoms with Crippen molar-refractivity contribution in [1.82, 2.24) is 4.72 Å². The number of halogens is 2. The first kappa shape index (κ1) is 16.8. The summed E-state index contributed by atoms with van der Waals surface area (Å²) in [5, 5.41) is 8.75. The fourth-order valence-corrected chi connectivity index (χ4v) is 3.14. The van der Waals surface area contributed by atoms with Crippen LogP contribution in [0, 0.1) is 5.82 Å². The number of carbonyl (C=O) groups is 1. The van der Waals surface area contributed by atoms with Gasteiger partial charge in [-0.15, -0.1) is 0 Å². The van der Waals surface area contributed by atoms with E-state index < -0.39 is 32.7 Å². The Morgan fingerprint density at radius 3 is 2.75 bits per heavy atom. The third-order valence-electron chi connectivity index (χ3n) is 2.39. The third-order valence-corrected chi connectivity index (χ3v) is 4.34. The van der Waals surface area contributed by atoms with Gasteiger partial charge in [-0.3, -0.25) is 4.79 Å². The quantitative estimate of drug-likeness (QED) is 0.787. The molecule has 20 heavy (non-hydrogen) atoms. The molecule has 1 atom stereocenters. The monoisotopic (exact) mass is 325 g/mol. The Hall–Kier alpha value is -1.22. The van der Waals surface area contributed by atoms with Crippen LogP contribution in [0.3, 0.4) is 0 Å². The molecule has 0 heterocycles. The summed E-state index contributed by atoms with van der Waals surface area (Å²) < 4.78 is 43.8. The zero-order chi connectivity index (χ0) is 15.3. The number of rotatable bonds is 7. The molecule has 0 aromatic heterocycles. The lowest BCUT2D eigenvalue weighted by molar-refractivity contribution is -0.139. The number of hydrogen-bond acceptors (Lipinski definition) is 4. The molecule has 6 nitrogen and oxygen atoms in total. The van der Waals surface area contributed by atoms with Gasteiger partial charge in [0.05, 0.1) is 5.02 Å². The fourth-order valence-electron chi connectivity index (χ4n) is 1.40. The van der Waals surface area contributed by atoms with E-state index in [0.717, 1.165) is 18.2 Å². The van der Waals surface area contributed by atoms with Crippen LogP contribution >= 0.6 is 11.6 Å². The van der Waals surface area contributed by atoms with Crippen LogP contribution in [0.2, 0.25) is 5.02 Å². The minimum absolute atomic E-state index is 0.0520. The number of methoxy groups -OCH3 is 1. The van der Waals surface area contributed by atoms with Gasteiger partial charge in [0, 0.05) is 13.7 Å². The molecule has 1 unspecified atom stereocenters. The van der Waals surface area contributed by atoms with Crippen molar-refractivity contribution >= 4 is 27.6 Å². The minimum Gasteiger partial charge on any atom is -0.480 e. The number of sulfonamides is 1. The molecule has 1 aromatic rings. The van der Waals surface area contributed by atoms with Gasteiger partial charge in [-0.2, -0.15) is 4.72 Å². The van der Waals surface area contributed by atoms with Gasteiger partial charge in [0.15, 0.2) is 0 Å². The second kappa shape index (κ2) is 6.98. The van der Waals surface area contributed by atoms with Crippen molar-refractivity contribution in [1.29, 1.82) is 0 Å². The van der Waals surface area contributed by atoms with Crippen LogP contribution in [0.25, 0.3) is 0 Å². The first-order chi connectivity index (χ1) is 9.27. The van der Waals surface area contributed by atoms with E-state index in [4.69, 9.17) is 21.4 Å². The number of carboxylic acids is 1. The van der Waals surface area contributed by atoms with Crippen LogP contribution in [0.5, 0.6) is 0 Å². The highest BCUT2D eigenvalue weighted by atomic mass is 35.5. The predicted octanol–water partition coefficient (Wildman–Crippen LogP) is 1.25. The van der Waals surface area contributed by atoms with Gasteiger partial charge in [-0.25, -0.2) is 12.8 Å². The second-order valence-electron chi connectivity index (χ2n) is 3.87. The molecule has 0 spiro atoms. The predicted molar refractivity (Wildman–Crippen MR) is 69.6 cm³/mol. The molecular formula is C11H13ClFNO5S. The van der Waals surface area contributed by atoms with Crippen molar-refractivity contribution in [3.8, 4) is 0 Å². The van der Waals surface area contributed by atoms with E-state index in [1.165, 1.54) is 7.11 Å². The first-order valence-corrected chi connectivity index (χ1v) is 7.33. The van der Waals surface area contributed by atoms with E-state index in [1.807, 2.05) is 4.72 Å². The zero-order valence-electron chi connectivity index (χ0n) is 10.5. The highest BCUT2D eigenvalue weighted by Gasteiger charge is 2.27. The molecule has 0 aliphatic carbocycles. The van der Waals surface area contributed by atoms with Gasteiger partial charge in [0.2, 0.25) is 10.0 Å². The number of benzene rings is 1. The lowest BCUT2D eigenvalue weighted by atomic mass is 10.2. The number of aliphatic carboxylic acids is 1.